The quantitative estimate of drug-likeness (QED) is 0.797. The fraction of sp³-hybridized carbons (Fsp3) is 0.167. The highest BCUT2D eigenvalue weighted by molar-refractivity contribution is 5.43. The van der Waals surface area contributed by atoms with Crippen LogP contribution in [0.3, 0.4) is 0 Å². The largest absolute Gasteiger partial charge is 0.439 e. The van der Waals surface area contributed by atoms with Gasteiger partial charge in [-0.1, -0.05) is 30.3 Å². The monoisotopic (exact) mass is 293 g/mol. The third-order valence-corrected chi connectivity index (χ3v) is 3.55. The van der Waals surface area contributed by atoms with Crippen molar-refractivity contribution in [2.75, 3.05) is 0 Å². The zero-order valence-corrected chi connectivity index (χ0v) is 12.8. The van der Waals surface area contributed by atoms with Gasteiger partial charge in [0.05, 0.1) is 16.9 Å². The molecule has 0 atom stereocenters. The summed E-state index contributed by atoms with van der Waals surface area (Å²) < 4.78 is 7.91. The number of ether oxygens (including phenoxy) is 1. The van der Waals surface area contributed by atoms with E-state index in [4.69, 9.17) is 10.5 Å². The molecule has 22 heavy (non-hydrogen) atoms. The minimum Gasteiger partial charge on any atom is -0.439 e. The zero-order valence-electron chi connectivity index (χ0n) is 12.8. The van der Waals surface area contributed by atoms with Gasteiger partial charge in [-0.05, 0) is 43.7 Å². The Morgan fingerprint density at radius 3 is 2.50 bits per heavy atom. The number of hydrogen-bond donors (Lipinski definition) is 1. The highest BCUT2D eigenvalue weighted by Crippen LogP contribution is 2.30. The second kappa shape index (κ2) is 6.03. The molecule has 0 saturated heterocycles. The van der Waals surface area contributed by atoms with Gasteiger partial charge in [-0.3, -0.25) is 0 Å². The van der Waals surface area contributed by atoms with Crippen LogP contribution in [0.4, 0.5) is 0 Å². The van der Waals surface area contributed by atoms with E-state index >= 15 is 0 Å². The minimum atomic E-state index is 0.389. The molecule has 1 heterocycles. The average molecular weight is 293 g/mol. The summed E-state index contributed by atoms with van der Waals surface area (Å²) in [6.07, 6.45) is 0. The van der Waals surface area contributed by atoms with Crippen molar-refractivity contribution in [3.05, 3.63) is 71.4 Å². The van der Waals surface area contributed by atoms with Crippen LogP contribution in [-0.4, -0.2) is 9.78 Å². The molecule has 0 aliphatic heterocycles. The summed E-state index contributed by atoms with van der Waals surface area (Å²) in [6.45, 7) is 4.38. The van der Waals surface area contributed by atoms with Gasteiger partial charge in [-0.2, -0.15) is 5.10 Å². The topological polar surface area (TPSA) is 53.1 Å². The molecule has 3 aromatic rings. The number of benzene rings is 2. The van der Waals surface area contributed by atoms with Gasteiger partial charge < -0.3 is 10.5 Å². The molecule has 3 rings (SSSR count). The highest BCUT2D eigenvalue weighted by Gasteiger charge is 2.17. The average Bonchev–Trinajstić information content (AvgIpc) is 2.84. The lowest BCUT2D eigenvalue weighted by Gasteiger charge is -2.11. The van der Waals surface area contributed by atoms with Crippen LogP contribution in [0.2, 0.25) is 0 Å². The summed E-state index contributed by atoms with van der Waals surface area (Å²) in [4.78, 5) is 0. The molecule has 2 N–H and O–H groups in total. The Morgan fingerprint density at radius 2 is 1.82 bits per heavy atom. The molecule has 4 nitrogen and oxygen atoms in total. The Balaban J connectivity index is 2.09. The maximum atomic E-state index is 6.11. The molecule has 4 heteroatoms. The minimum absolute atomic E-state index is 0.389. The number of para-hydroxylation sites is 1. The van der Waals surface area contributed by atoms with E-state index in [-0.39, 0.29) is 0 Å². The van der Waals surface area contributed by atoms with E-state index in [0.29, 0.717) is 12.4 Å². The van der Waals surface area contributed by atoms with Crippen LogP contribution in [0.15, 0.2) is 54.6 Å². The first-order valence-corrected chi connectivity index (χ1v) is 7.27. The Bertz CT molecular complexity index is 778. The van der Waals surface area contributed by atoms with Crippen LogP contribution in [0.25, 0.3) is 5.69 Å². The van der Waals surface area contributed by atoms with Gasteiger partial charge in [-0.15, -0.1) is 0 Å². The maximum Gasteiger partial charge on any atom is 0.227 e. The van der Waals surface area contributed by atoms with Crippen molar-refractivity contribution in [2.24, 2.45) is 5.73 Å². The third-order valence-electron chi connectivity index (χ3n) is 3.55. The van der Waals surface area contributed by atoms with E-state index < -0.39 is 0 Å². The molecule has 1 aromatic heterocycles. The van der Waals surface area contributed by atoms with Crippen molar-refractivity contribution < 1.29 is 4.74 Å². The van der Waals surface area contributed by atoms with Crippen molar-refractivity contribution in [1.82, 2.24) is 9.78 Å². The van der Waals surface area contributed by atoms with Gasteiger partial charge in [0, 0.05) is 6.54 Å². The van der Waals surface area contributed by atoms with Crippen LogP contribution in [-0.2, 0) is 6.54 Å². The van der Waals surface area contributed by atoms with E-state index in [1.807, 2.05) is 68.4 Å². The van der Waals surface area contributed by atoms with E-state index in [2.05, 4.69) is 5.10 Å². The van der Waals surface area contributed by atoms with Crippen LogP contribution in [0.5, 0.6) is 11.6 Å². The molecule has 0 unspecified atom stereocenters. The van der Waals surface area contributed by atoms with Crippen molar-refractivity contribution in [3.63, 3.8) is 0 Å². The van der Waals surface area contributed by atoms with E-state index in [1.54, 1.807) is 4.68 Å². The summed E-state index contributed by atoms with van der Waals surface area (Å²) in [5, 5.41) is 4.58. The van der Waals surface area contributed by atoms with E-state index in [0.717, 1.165) is 28.3 Å². The second-order valence-electron chi connectivity index (χ2n) is 5.24. The van der Waals surface area contributed by atoms with Crippen molar-refractivity contribution in [1.29, 1.82) is 0 Å². The van der Waals surface area contributed by atoms with Gasteiger partial charge in [0.15, 0.2) is 0 Å². The predicted molar refractivity (Wildman–Crippen MR) is 87.4 cm³/mol. The molecule has 0 fully saturated rings. The molecule has 112 valence electrons. The van der Waals surface area contributed by atoms with Crippen molar-refractivity contribution >= 4 is 0 Å². The second-order valence-corrected chi connectivity index (χ2v) is 5.24. The molecule has 0 aliphatic carbocycles. The summed E-state index contributed by atoms with van der Waals surface area (Å²) >= 11 is 0. The molecule has 2 aromatic carbocycles. The normalized spacial score (nSPS) is 10.7. The van der Waals surface area contributed by atoms with E-state index in [9.17, 15) is 0 Å². The summed E-state index contributed by atoms with van der Waals surface area (Å²) in [5.74, 6) is 1.46. The number of aryl methyl sites for hydroxylation is 2. The predicted octanol–water partition coefficient (Wildman–Crippen LogP) is 3.74. The van der Waals surface area contributed by atoms with Crippen LogP contribution in [0, 0.1) is 13.8 Å². The number of nitrogens with two attached hydrogens (primary N) is 1. The molecule has 0 saturated carbocycles. The first kappa shape index (κ1) is 14.4. The fourth-order valence-electron chi connectivity index (χ4n) is 2.41. The molecule has 0 spiro atoms. The Morgan fingerprint density at radius 1 is 1.05 bits per heavy atom. The fourth-order valence-corrected chi connectivity index (χ4v) is 2.41. The smallest absolute Gasteiger partial charge is 0.227 e. The van der Waals surface area contributed by atoms with Gasteiger partial charge in [0.2, 0.25) is 5.88 Å². The van der Waals surface area contributed by atoms with Crippen LogP contribution in [0.1, 0.15) is 16.8 Å². The molecule has 0 bridgehead atoms. The van der Waals surface area contributed by atoms with Gasteiger partial charge >= 0.3 is 0 Å². The molecular weight excluding hydrogens is 274 g/mol. The number of aromatic nitrogens is 2. The van der Waals surface area contributed by atoms with Crippen molar-refractivity contribution in [2.45, 2.75) is 20.4 Å². The Hall–Kier alpha value is -2.59. The van der Waals surface area contributed by atoms with E-state index in [1.165, 1.54) is 0 Å². The maximum absolute atomic E-state index is 6.11. The summed E-state index contributed by atoms with van der Waals surface area (Å²) in [5.41, 5.74) is 9.80. The zero-order chi connectivity index (χ0) is 15.5. The van der Waals surface area contributed by atoms with Gasteiger partial charge in [-0.25, -0.2) is 4.68 Å². The molecule has 0 amide bonds. The highest BCUT2D eigenvalue weighted by atomic mass is 16.5. The summed E-state index contributed by atoms with van der Waals surface area (Å²) in [6, 6.07) is 17.9. The van der Waals surface area contributed by atoms with Crippen molar-refractivity contribution in [3.8, 4) is 17.3 Å². The van der Waals surface area contributed by atoms with Gasteiger partial charge in [0.1, 0.15) is 5.75 Å². The lowest BCUT2D eigenvalue weighted by Crippen LogP contribution is -2.03. The lowest BCUT2D eigenvalue weighted by atomic mass is 10.2. The lowest BCUT2D eigenvalue weighted by molar-refractivity contribution is 0.439. The van der Waals surface area contributed by atoms with Crippen LogP contribution < -0.4 is 10.5 Å². The Kier molecular flexibility index (Phi) is 3.94. The molecular formula is C18H19N3O. The number of hydrogen-bond acceptors (Lipinski definition) is 3. The standard InChI is InChI=1S/C18H19N3O/c1-13-7-6-10-16(11-13)22-18-17(12-19)14(2)20-21(18)15-8-4-3-5-9-15/h3-11H,12,19H2,1-2H3. The molecule has 0 aliphatic rings. The third kappa shape index (κ3) is 2.73. The number of rotatable bonds is 4. The first-order chi connectivity index (χ1) is 10.7. The first-order valence-electron chi connectivity index (χ1n) is 7.27. The van der Waals surface area contributed by atoms with Crippen LogP contribution >= 0.6 is 0 Å². The summed E-state index contributed by atoms with van der Waals surface area (Å²) in [7, 11) is 0. The molecule has 0 radical (unpaired) electrons. The SMILES string of the molecule is Cc1cccc(Oc2c(CN)c(C)nn2-c2ccccc2)c1. The van der Waals surface area contributed by atoms with Gasteiger partial charge in [0.25, 0.3) is 0 Å². The number of nitrogens with zero attached hydrogens (tertiary/aromatic N) is 2. The Labute approximate surface area is 130 Å².